The highest BCUT2D eigenvalue weighted by molar-refractivity contribution is 6.05. The van der Waals surface area contributed by atoms with Crippen molar-refractivity contribution in [1.82, 2.24) is 5.32 Å². The van der Waals surface area contributed by atoms with Crippen LogP contribution in [0.4, 0.5) is 5.69 Å². The van der Waals surface area contributed by atoms with Crippen LogP contribution in [0.25, 0.3) is 0 Å². The Labute approximate surface area is 88.5 Å². The number of hydrogen-bond donors (Lipinski definition) is 2. The van der Waals surface area contributed by atoms with E-state index in [1.807, 2.05) is 0 Å². The third-order valence-electron chi connectivity index (χ3n) is 2.04. The lowest BCUT2D eigenvalue weighted by atomic mass is 10.0. The van der Waals surface area contributed by atoms with Crippen LogP contribution in [0.1, 0.15) is 24.2 Å². The molecule has 1 atom stereocenters. The normalized spacial score (nSPS) is 11.9. The molecule has 0 spiro atoms. The zero-order chi connectivity index (χ0) is 11.4. The molecule has 0 saturated carbocycles. The minimum atomic E-state index is -0.549. The van der Waals surface area contributed by atoms with E-state index in [0.717, 1.165) is 0 Å². The van der Waals surface area contributed by atoms with Gasteiger partial charge in [-0.1, -0.05) is 12.1 Å². The van der Waals surface area contributed by atoms with Gasteiger partial charge in [0, 0.05) is 18.2 Å². The third kappa shape index (κ3) is 2.80. The Morgan fingerprint density at radius 3 is 2.47 bits per heavy atom. The number of carbonyl (C=O) groups is 2. The van der Waals surface area contributed by atoms with Gasteiger partial charge in [-0.25, -0.2) is 0 Å². The van der Waals surface area contributed by atoms with E-state index in [0.29, 0.717) is 11.3 Å². The Morgan fingerprint density at radius 2 is 1.93 bits per heavy atom. The van der Waals surface area contributed by atoms with E-state index in [-0.39, 0.29) is 11.7 Å². The second-order valence-corrected chi connectivity index (χ2v) is 3.37. The molecular formula is C11H14N2O2. The number of hydrogen-bond acceptors (Lipinski definition) is 3. The van der Waals surface area contributed by atoms with Gasteiger partial charge >= 0.3 is 0 Å². The highest BCUT2D eigenvalue weighted by Gasteiger charge is 2.17. The lowest BCUT2D eigenvalue weighted by molar-refractivity contribution is -0.119. The molecule has 4 nitrogen and oxygen atoms in total. The van der Waals surface area contributed by atoms with Crippen molar-refractivity contribution in [2.45, 2.75) is 19.9 Å². The van der Waals surface area contributed by atoms with Crippen LogP contribution < -0.4 is 11.1 Å². The van der Waals surface area contributed by atoms with E-state index < -0.39 is 6.04 Å². The number of para-hydroxylation sites is 1. The molecule has 4 heteroatoms. The fourth-order valence-electron chi connectivity index (χ4n) is 1.33. The summed E-state index contributed by atoms with van der Waals surface area (Å²) in [6.45, 7) is 3.01. The average molecular weight is 206 g/mol. The highest BCUT2D eigenvalue weighted by atomic mass is 16.2. The molecule has 0 aliphatic heterocycles. The number of anilines is 1. The summed E-state index contributed by atoms with van der Waals surface area (Å²) in [6.07, 6.45) is 0. The Hall–Kier alpha value is -1.84. The summed E-state index contributed by atoms with van der Waals surface area (Å²) in [5.74, 6) is -0.409. The molecule has 0 aliphatic carbocycles. The first-order chi connectivity index (χ1) is 7.02. The smallest absolute Gasteiger partial charge is 0.217 e. The average Bonchev–Trinajstić information content (AvgIpc) is 2.16. The van der Waals surface area contributed by atoms with Crippen molar-refractivity contribution in [1.29, 1.82) is 0 Å². The van der Waals surface area contributed by atoms with Crippen molar-refractivity contribution >= 4 is 17.4 Å². The van der Waals surface area contributed by atoms with E-state index >= 15 is 0 Å². The van der Waals surface area contributed by atoms with Gasteiger partial charge in [-0.05, 0) is 19.1 Å². The Bertz CT molecular complexity index is 388. The number of nitrogen functional groups attached to an aromatic ring is 1. The second kappa shape index (κ2) is 4.59. The standard InChI is InChI=1S/C11H14N2O2/c1-7(13-8(2)14)11(15)9-5-3-4-6-10(9)12/h3-7H,12H2,1-2H3,(H,13,14). The van der Waals surface area contributed by atoms with Gasteiger partial charge in [0.25, 0.3) is 0 Å². The van der Waals surface area contributed by atoms with Gasteiger partial charge < -0.3 is 11.1 Å². The number of Topliss-reactive ketones (excluding diaryl/α,β-unsaturated/α-hetero) is 1. The predicted octanol–water partition coefficient (Wildman–Crippen LogP) is 0.976. The van der Waals surface area contributed by atoms with Crippen LogP contribution in [0.15, 0.2) is 24.3 Å². The maximum atomic E-state index is 11.8. The second-order valence-electron chi connectivity index (χ2n) is 3.37. The van der Waals surface area contributed by atoms with Crippen LogP contribution in [-0.4, -0.2) is 17.7 Å². The largest absolute Gasteiger partial charge is 0.398 e. The molecule has 1 rings (SSSR count). The molecule has 1 amide bonds. The van der Waals surface area contributed by atoms with Crippen molar-refractivity contribution in [3.63, 3.8) is 0 Å². The summed E-state index contributed by atoms with van der Waals surface area (Å²) in [4.78, 5) is 22.6. The summed E-state index contributed by atoms with van der Waals surface area (Å²) in [7, 11) is 0. The van der Waals surface area contributed by atoms with Crippen LogP contribution in [0, 0.1) is 0 Å². The van der Waals surface area contributed by atoms with Crippen molar-refractivity contribution in [2.75, 3.05) is 5.73 Å². The molecular weight excluding hydrogens is 192 g/mol. The minimum Gasteiger partial charge on any atom is -0.398 e. The van der Waals surface area contributed by atoms with Crippen molar-refractivity contribution < 1.29 is 9.59 Å². The zero-order valence-electron chi connectivity index (χ0n) is 8.78. The fraction of sp³-hybridized carbons (Fsp3) is 0.273. The molecule has 0 radical (unpaired) electrons. The molecule has 80 valence electrons. The van der Waals surface area contributed by atoms with Gasteiger partial charge in [0.15, 0.2) is 5.78 Å². The number of carbonyl (C=O) groups excluding carboxylic acids is 2. The summed E-state index contributed by atoms with van der Waals surface area (Å²) in [6, 6.07) is 6.26. The first-order valence-electron chi connectivity index (χ1n) is 4.68. The Balaban J connectivity index is 2.85. The molecule has 15 heavy (non-hydrogen) atoms. The summed E-state index contributed by atoms with van der Waals surface area (Å²) in [5, 5.41) is 2.52. The summed E-state index contributed by atoms with van der Waals surface area (Å²) < 4.78 is 0. The van der Waals surface area contributed by atoms with Crippen LogP contribution in [-0.2, 0) is 4.79 Å². The zero-order valence-corrected chi connectivity index (χ0v) is 8.78. The van der Waals surface area contributed by atoms with Gasteiger partial charge in [-0.15, -0.1) is 0 Å². The number of ketones is 1. The third-order valence-corrected chi connectivity index (χ3v) is 2.04. The van der Waals surface area contributed by atoms with Crippen LogP contribution in [0.5, 0.6) is 0 Å². The van der Waals surface area contributed by atoms with Gasteiger partial charge in [0.05, 0.1) is 6.04 Å². The molecule has 0 bridgehead atoms. The predicted molar refractivity (Wildman–Crippen MR) is 58.5 cm³/mol. The van der Waals surface area contributed by atoms with Crippen molar-refractivity contribution in [3.05, 3.63) is 29.8 Å². The Morgan fingerprint density at radius 1 is 1.33 bits per heavy atom. The molecule has 1 unspecified atom stereocenters. The van der Waals surface area contributed by atoms with Crippen LogP contribution in [0.3, 0.4) is 0 Å². The topological polar surface area (TPSA) is 72.2 Å². The van der Waals surface area contributed by atoms with Crippen LogP contribution >= 0.6 is 0 Å². The SMILES string of the molecule is CC(=O)NC(C)C(=O)c1ccccc1N. The van der Waals surface area contributed by atoms with Crippen molar-refractivity contribution in [2.24, 2.45) is 0 Å². The van der Waals surface area contributed by atoms with Gasteiger partial charge in [0.1, 0.15) is 0 Å². The molecule has 0 fully saturated rings. The van der Waals surface area contributed by atoms with E-state index in [2.05, 4.69) is 5.32 Å². The maximum Gasteiger partial charge on any atom is 0.217 e. The van der Waals surface area contributed by atoms with Gasteiger partial charge in [-0.3, -0.25) is 9.59 Å². The maximum absolute atomic E-state index is 11.8. The van der Waals surface area contributed by atoms with E-state index in [1.165, 1.54) is 6.92 Å². The van der Waals surface area contributed by atoms with E-state index in [4.69, 9.17) is 5.73 Å². The molecule has 3 N–H and O–H groups in total. The first kappa shape index (κ1) is 11.2. The minimum absolute atomic E-state index is 0.177. The molecule has 0 aromatic heterocycles. The van der Waals surface area contributed by atoms with E-state index in [1.54, 1.807) is 31.2 Å². The highest BCUT2D eigenvalue weighted by Crippen LogP contribution is 2.12. The fourth-order valence-corrected chi connectivity index (χ4v) is 1.33. The van der Waals surface area contributed by atoms with Crippen LogP contribution in [0.2, 0.25) is 0 Å². The molecule has 0 aliphatic rings. The molecule has 0 heterocycles. The summed E-state index contributed by atoms with van der Waals surface area (Å²) in [5.41, 5.74) is 6.53. The van der Waals surface area contributed by atoms with Gasteiger partial charge in [-0.2, -0.15) is 0 Å². The monoisotopic (exact) mass is 206 g/mol. The number of nitrogens with one attached hydrogen (secondary N) is 1. The Kier molecular flexibility index (Phi) is 3.44. The lowest BCUT2D eigenvalue weighted by Gasteiger charge is -2.12. The van der Waals surface area contributed by atoms with Gasteiger partial charge in [0.2, 0.25) is 5.91 Å². The quantitative estimate of drug-likeness (QED) is 0.572. The molecule has 1 aromatic rings. The summed E-state index contributed by atoms with van der Waals surface area (Å²) >= 11 is 0. The number of nitrogens with two attached hydrogens (primary N) is 1. The molecule has 1 aromatic carbocycles. The van der Waals surface area contributed by atoms with Crippen molar-refractivity contribution in [3.8, 4) is 0 Å². The van der Waals surface area contributed by atoms with E-state index in [9.17, 15) is 9.59 Å². The molecule has 0 saturated heterocycles. The first-order valence-corrected chi connectivity index (χ1v) is 4.68. The number of amides is 1. The number of benzene rings is 1. The lowest BCUT2D eigenvalue weighted by Crippen LogP contribution is -2.37. The number of rotatable bonds is 3.